The van der Waals surface area contributed by atoms with Gasteiger partial charge in [0.05, 0.1) is 24.1 Å². The Morgan fingerprint density at radius 3 is 2.78 bits per heavy atom. The highest BCUT2D eigenvalue weighted by Crippen LogP contribution is 2.37. The minimum atomic E-state index is -4.52. The van der Waals surface area contributed by atoms with Gasteiger partial charge in [-0.1, -0.05) is 24.3 Å². The number of hydrogen-bond donors (Lipinski definition) is 1. The van der Waals surface area contributed by atoms with Gasteiger partial charge < -0.3 is 14.6 Å². The second-order valence-corrected chi connectivity index (χ2v) is 10.3. The molecular weight excluding hydrogens is 531 g/mol. The molecule has 41 heavy (non-hydrogen) atoms. The first-order valence-corrected chi connectivity index (χ1v) is 13.6. The van der Waals surface area contributed by atoms with E-state index in [2.05, 4.69) is 48.6 Å². The molecule has 0 aromatic carbocycles. The number of fused-ring (bicyclic) bond motifs is 1. The van der Waals surface area contributed by atoms with Gasteiger partial charge in [0.25, 0.3) is 5.88 Å². The molecule has 4 heterocycles. The lowest BCUT2D eigenvalue weighted by atomic mass is 10.1. The number of methoxy groups -OCH3 is 1. The van der Waals surface area contributed by atoms with Gasteiger partial charge >= 0.3 is 6.18 Å². The summed E-state index contributed by atoms with van der Waals surface area (Å²) in [5.74, 6) is 4.65. The molecule has 0 bridgehead atoms. The summed E-state index contributed by atoms with van der Waals surface area (Å²) in [5, 5.41) is 0. The molecule has 214 valence electrons. The zero-order valence-electron chi connectivity index (χ0n) is 23.5. The van der Waals surface area contributed by atoms with Gasteiger partial charge in [-0.3, -0.25) is 4.90 Å². The number of anilines is 1. The fourth-order valence-corrected chi connectivity index (χ4v) is 4.68. The Balaban J connectivity index is 1.32. The fourth-order valence-electron chi connectivity index (χ4n) is 4.68. The number of imidazole rings is 1. The first-order valence-electron chi connectivity index (χ1n) is 13.6. The number of aliphatic imine (C=N–C) groups is 3. The van der Waals surface area contributed by atoms with Crippen LogP contribution in [0.5, 0.6) is 0 Å². The van der Waals surface area contributed by atoms with E-state index in [1.807, 2.05) is 32.1 Å². The number of aromatic amines is 1. The Hall–Kier alpha value is -4.29. The van der Waals surface area contributed by atoms with Crippen molar-refractivity contribution < 1.29 is 17.9 Å². The van der Waals surface area contributed by atoms with Crippen molar-refractivity contribution in [1.82, 2.24) is 14.9 Å². The van der Waals surface area contributed by atoms with Crippen molar-refractivity contribution in [2.75, 3.05) is 25.1 Å². The van der Waals surface area contributed by atoms with Gasteiger partial charge in [0.1, 0.15) is 18.0 Å². The lowest BCUT2D eigenvalue weighted by molar-refractivity contribution is -0.134. The third-order valence-electron chi connectivity index (χ3n) is 6.94. The number of rotatable bonds is 9. The van der Waals surface area contributed by atoms with E-state index in [-0.39, 0.29) is 11.9 Å². The lowest BCUT2D eigenvalue weighted by Gasteiger charge is -2.28. The van der Waals surface area contributed by atoms with Crippen molar-refractivity contribution >= 4 is 35.4 Å². The van der Waals surface area contributed by atoms with Crippen LogP contribution in [0.3, 0.4) is 0 Å². The standard InChI is InChI=1S/C30H32F3N7O/c1-5-20(28-37-24(30(31,32)33)13-16-40(28)19(2)3)9-6-7-14-39-15-8-10-23-29(39)38-27(36-23)22-17-25(41-4)34-18-35-26(22)21-11-12-21/h5-6,8-10,18-19,21,24H,7,11-12,14-15H2,1-4H3,(H,36,38)/b9-6-,20-5+. The van der Waals surface area contributed by atoms with Gasteiger partial charge in [-0.05, 0) is 57.8 Å². The van der Waals surface area contributed by atoms with Crippen LogP contribution in [0.4, 0.5) is 19.0 Å². The number of aromatic nitrogens is 2. The molecule has 0 radical (unpaired) electrons. The maximum Gasteiger partial charge on any atom is 0.422 e. The van der Waals surface area contributed by atoms with Crippen molar-refractivity contribution in [1.29, 1.82) is 0 Å². The molecule has 1 atom stereocenters. The summed E-state index contributed by atoms with van der Waals surface area (Å²) in [6.07, 6.45) is 9.37. The zero-order chi connectivity index (χ0) is 29.1. The highest BCUT2D eigenvalue weighted by Gasteiger charge is 2.41. The summed E-state index contributed by atoms with van der Waals surface area (Å²) < 4.78 is 45.5. The summed E-state index contributed by atoms with van der Waals surface area (Å²) in [6.45, 7) is 6.87. The highest BCUT2D eigenvalue weighted by atomic mass is 19.4. The number of allylic oxidation sites excluding steroid dienone is 2. The number of ether oxygens (including phenoxy) is 1. The molecule has 11 heteroatoms. The highest BCUT2D eigenvalue weighted by molar-refractivity contribution is 6.26. The van der Waals surface area contributed by atoms with E-state index in [4.69, 9.17) is 9.72 Å². The van der Waals surface area contributed by atoms with Gasteiger partial charge in [0.15, 0.2) is 5.82 Å². The molecule has 3 aliphatic heterocycles. The van der Waals surface area contributed by atoms with Crippen LogP contribution < -0.4 is 4.90 Å². The van der Waals surface area contributed by atoms with E-state index in [9.17, 15) is 13.2 Å². The Bertz CT molecular complexity index is 1500. The van der Waals surface area contributed by atoms with Gasteiger partial charge in [-0.2, -0.15) is 18.2 Å². The molecule has 1 unspecified atom stereocenters. The molecule has 1 aromatic rings. The van der Waals surface area contributed by atoms with Crippen LogP contribution in [0.2, 0.25) is 0 Å². The third kappa shape index (κ3) is 6.23. The van der Waals surface area contributed by atoms with Crippen molar-refractivity contribution in [3.63, 3.8) is 0 Å². The van der Waals surface area contributed by atoms with Gasteiger partial charge in [-0.15, -0.1) is 0 Å². The first-order chi connectivity index (χ1) is 19.7. The molecule has 1 N–H and O–H groups in total. The molecule has 8 nitrogen and oxygen atoms in total. The third-order valence-corrected chi connectivity index (χ3v) is 6.94. The molecule has 0 spiro atoms. The Kier molecular flexibility index (Phi) is 8.04. The number of alkyl halides is 3. The van der Waals surface area contributed by atoms with E-state index in [0.717, 1.165) is 35.6 Å². The smallest absolute Gasteiger partial charge is 0.422 e. The molecule has 4 aliphatic rings. The van der Waals surface area contributed by atoms with Gasteiger partial charge in [0, 0.05) is 36.7 Å². The molecule has 1 aromatic heterocycles. The molecule has 1 aliphatic carbocycles. The van der Waals surface area contributed by atoms with Crippen molar-refractivity contribution in [2.45, 2.75) is 58.3 Å². The topological polar surface area (TPSA) is 81.5 Å². The SMILES string of the molecule is C/C=C(\C=C/CCN1CC=Cc2[nH]c(C3=C=C(OC)N=CN=C3C3CC3)nc21)C1=NC(C(F)(F)F)C#CN1C(C)C. The monoisotopic (exact) mass is 563 g/mol. The number of hydrogen-bond acceptors (Lipinski definition) is 7. The molecule has 1 fully saturated rings. The normalized spacial score (nSPS) is 20.8. The summed E-state index contributed by atoms with van der Waals surface area (Å²) in [6, 6.07) is 0.492. The number of H-pyrrole nitrogens is 1. The first kappa shape index (κ1) is 28.2. The Labute approximate surface area is 237 Å². The Morgan fingerprint density at radius 1 is 1.29 bits per heavy atom. The number of halogens is 3. The summed E-state index contributed by atoms with van der Waals surface area (Å²) >= 11 is 0. The number of nitrogens with one attached hydrogen (secondary N) is 1. The fraction of sp³-hybridized carbons (Fsp3) is 0.433. The molecule has 0 saturated heterocycles. The van der Waals surface area contributed by atoms with Crippen molar-refractivity contribution in [3.05, 3.63) is 53.0 Å². The average Bonchev–Trinajstić information content (AvgIpc) is 3.73. The maximum atomic E-state index is 13.4. The van der Waals surface area contributed by atoms with E-state index in [1.54, 1.807) is 25.0 Å². The molecule has 0 amide bonds. The lowest BCUT2D eigenvalue weighted by Crippen LogP contribution is -2.40. The maximum absolute atomic E-state index is 13.4. The minimum absolute atomic E-state index is 0.123. The molecule has 1 saturated carbocycles. The van der Waals surface area contributed by atoms with E-state index >= 15 is 0 Å². The van der Waals surface area contributed by atoms with Crippen LogP contribution in [0.15, 0.2) is 56.5 Å². The minimum Gasteiger partial charge on any atom is -0.475 e. The predicted octanol–water partition coefficient (Wildman–Crippen LogP) is 5.51. The van der Waals surface area contributed by atoms with Gasteiger partial charge in [-0.25, -0.2) is 15.0 Å². The largest absolute Gasteiger partial charge is 0.475 e. The Morgan fingerprint density at radius 2 is 2.10 bits per heavy atom. The predicted molar refractivity (Wildman–Crippen MR) is 155 cm³/mol. The summed E-state index contributed by atoms with van der Waals surface area (Å²) in [7, 11) is 1.55. The van der Waals surface area contributed by atoms with E-state index in [1.165, 1.54) is 6.34 Å². The molecule has 5 rings (SSSR count). The van der Waals surface area contributed by atoms with Crippen LogP contribution in [0.25, 0.3) is 11.6 Å². The van der Waals surface area contributed by atoms with Crippen LogP contribution >= 0.6 is 0 Å². The second kappa shape index (κ2) is 11.7. The molecular formula is C30H32F3N7O. The van der Waals surface area contributed by atoms with Crippen LogP contribution in [0, 0.1) is 17.9 Å². The average molecular weight is 564 g/mol. The van der Waals surface area contributed by atoms with Crippen molar-refractivity contribution in [3.8, 4) is 12.0 Å². The van der Waals surface area contributed by atoms with Crippen LogP contribution in [-0.4, -0.2) is 71.2 Å². The van der Waals surface area contributed by atoms with Crippen molar-refractivity contribution in [2.24, 2.45) is 20.9 Å². The van der Waals surface area contributed by atoms with Crippen LogP contribution in [0.1, 0.15) is 51.6 Å². The zero-order valence-corrected chi connectivity index (χ0v) is 23.5. The second-order valence-electron chi connectivity index (χ2n) is 10.3. The van der Waals surface area contributed by atoms with E-state index in [0.29, 0.717) is 42.7 Å². The quantitative estimate of drug-likeness (QED) is 0.244. The summed E-state index contributed by atoms with van der Waals surface area (Å²) in [4.78, 5) is 24.8. The van der Waals surface area contributed by atoms with E-state index < -0.39 is 12.2 Å². The summed E-state index contributed by atoms with van der Waals surface area (Å²) in [5.41, 5.74) is 6.38. The van der Waals surface area contributed by atoms with Gasteiger partial charge in [0.2, 0.25) is 6.04 Å². The number of nitrogens with zero attached hydrogens (tertiary/aromatic N) is 6. The van der Waals surface area contributed by atoms with Crippen LogP contribution in [-0.2, 0) is 4.74 Å². The number of amidine groups is 1.